The molecule has 298 valence electrons. The summed E-state index contributed by atoms with van der Waals surface area (Å²) in [6.45, 7) is 5.24. The average Bonchev–Trinajstić information content (AvgIpc) is 4.06. The summed E-state index contributed by atoms with van der Waals surface area (Å²) in [7, 11) is -2.53. The van der Waals surface area contributed by atoms with Crippen molar-refractivity contribution in [2.75, 3.05) is 13.7 Å². The second-order valence-electron chi connectivity index (χ2n) is 16.7. The predicted octanol–water partition coefficient (Wildman–Crippen LogP) is 3.27. The number of carbonyl (C=O) groups excluding carboxylic acids is 4. The lowest BCUT2D eigenvalue weighted by Crippen LogP contribution is -2.68. The minimum atomic E-state index is -4.07. The lowest BCUT2D eigenvalue weighted by Gasteiger charge is -2.38. The maximum Gasteiger partial charge on any atom is 0.408 e. The Morgan fingerprint density at radius 2 is 1.86 bits per heavy atom. The van der Waals surface area contributed by atoms with Crippen LogP contribution in [-0.2, 0) is 35.6 Å². The van der Waals surface area contributed by atoms with Gasteiger partial charge in [-0.3, -0.25) is 14.4 Å². The van der Waals surface area contributed by atoms with E-state index in [0.29, 0.717) is 73.3 Å². The van der Waals surface area contributed by atoms with Crippen LogP contribution in [0.15, 0.2) is 24.3 Å². The van der Waals surface area contributed by atoms with Crippen LogP contribution < -0.4 is 24.8 Å². The Kier molecular flexibility index (Phi) is 9.25. The van der Waals surface area contributed by atoms with Crippen LogP contribution in [0, 0.1) is 24.7 Å². The highest BCUT2D eigenvalue weighted by Crippen LogP contribution is 2.46. The number of aromatic nitrogens is 2. The van der Waals surface area contributed by atoms with Crippen LogP contribution in [0.4, 0.5) is 4.79 Å². The molecule has 4 amide bonds. The maximum absolute atomic E-state index is 14.8. The fourth-order valence-electron chi connectivity index (χ4n) is 8.13. The van der Waals surface area contributed by atoms with Gasteiger partial charge in [0.2, 0.25) is 27.7 Å². The topological polar surface area (TPSA) is 195 Å². The molecule has 3 N–H and O–H groups in total. The Morgan fingerprint density at radius 1 is 1.07 bits per heavy atom. The van der Waals surface area contributed by atoms with Gasteiger partial charge in [0.05, 0.1) is 41.0 Å². The average molecular weight is 789 g/mol. The molecule has 56 heavy (non-hydrogen) atoms. The number of fused-ring (bicyclic) bond motifs is 5. The van der Waals surface area contributed by atoms with Gasteiger partial charge in [0.15, 0.2) is 5.54 Å². The number of hydrogen-bond acceptors (Lipinski definition) is 11. The van der Waals surface area contributed by atoms with Crippen molar-refractivity contribution in [3.8, 4) is 23.5 Å². The second-order valence-corrected chi connectivity index (χ2v) is 18.9. The molecule has 1 spiro atoms. The zero-order chi connectivity index (χ0) is 39.7. The normalized spacial score (nSPS) is 30.6. The fraction of sp³-hybridized carbons (Fsp3) is 0.600. The third-order valence-corrected chi connectivity index (χ3v) is 14.5. The van der Waals surface area contributed by atoms with Crippen LogP contribution in [0.25, 0.3) is 11.0 Å². The lowest BCUT2D eigenvalue weighted by atomic mass is 9.75. The van der Waals surface area contributed by atoms with Crippen molar-refractivity contribution in [2.45, 2.75) is 131 Å². The Morgan fingerprint density at radius 3 is 2.55 bits per heavy atom. The van der Waals surface area contributed by atoms with Gasteiger partial charge in [-0.05, 0) is 84.6 Å². The third-order valence-electron chi connectivity index (χ3n) is 12.3. The summed E-state index contributed by atoms with van der Waals surface area (Å²) in [5.41, 5.74) is -0.740. The van der Waals surface area contributed by atoms with Crippen LogP contribution in [0.2, 0.25) is 0 Å². The molecule has 2 aromatic rings. The molecule has 5 heterocycles. The van der Waals surface area contributed by atoms with E-state index < -0.39 is 73.3 Å². The summed E-state index contributed by atoms with van der Waals surface area (Å²) >= 11 is 0. The highest BCUT2D eigenvalue weighted by atomic mass is 32.2. The van der Waals surface area contributed by atoms with Crippen molar-refractivity contribution in [2.24, 2.45) is 5.92 Å². The van der Waals surface area contributed by atoms with Crippen LogP contribution >= 0.6 is 0 Å². The molecule has 6 aliphatic rings. The Balaban J connectivity index is 1.15. The van der Waals surface area contributed by atoms with Gasteiger partial charge in [-0.25, -0.2) is 27.9 Å². The summed E-state index contributed by atoms with van der Waals surface area (Å²) in [5.74, 6) is 3.76. The number of amides is 4. The van der Waals surface area contributed by atoms with Crippen LogP contribution in [0.5, 0.6) is 11.6 Å². The number of aryl methyl sites for hydroxylation is 2. The summed E-state index contributed by atoms with van der Waals surface area (Å²) in [4.78, 5) is 67.6. The predicted molar refractivity (Wildman–Crippen MR) is 203 cm³/mol. The van der Waals surface area contributed by atoms with Crippen molar-refractivity contribution in [1.82, 2.24) is 30.2 Å². The Labute approximate surface area is 326 Å². The van der Waals surface area contributed by atoms with E-state index in [9.17, 15) is 27.6 Å². The van der Waals surface area contributed by atoms with Gasteiger partial charge >= 0.3 is 6.09 Å². The molecule has 5 atom stereocenters. The molecule has 3 aliphatic carbocycles. The molecular formula is C40H48N6O9S. The molecule has 0 bridgehead atoms. The number of rotatable bonds is 6. The minimum Gasteiger partial charge on any atom is -0.483 e. The SMILES string of the molecule is COc1ccc2nc(C)c3c(c2n1)CC[C@]1(C[C@H]2C(=O)N[C@]4(C(=O)NS(=O)(=O)C5(C)CC5)C#C[C@H]4/C=C\CCCCC[C@H](NC(=O)OC4(C)CC4)C(=O)N2C1)O3. The zero-order valence-electron chi connectivity index (χ0n) is 32.2. The first kappa shape index (κ1) is 38.0. The number of allylic oxidation sites excluding steroid dienone is 1. The molecule has 3 aliphatic heterocycles. The lowest BCUT2D eigenvalue weighted by molar-refractivity contribution is -0.142. The molecule has 15 nitrogen and oxygen atoms in total. The number of nitrogens with zero attached hydrogens (tertiary/aromatic N) is 3. The molecule has 2 saturated carbocycles. The first-order valence-electron chi connectivity index (χ1n) is 19.5. The standard InChI is InChI=1S/C40H48N6O9S/c1-24-32-26(31-27(41-24)12-13-30(43-31)53-4)15-16-39(54-32)22-29-33(47)44-40(35(49)45-56(51,52)38(3)20-21-38)17-14-25(40)10-8-6-5-7-9-11-28(34(48)46(29)23-39)42-36(50)55-37(2)18-19-37/h8,10,12-13,25,28-29H,5-7,9,11,15-16,18-23H2,1-4H3,(H,42,50)(H,44,47)(H,45,49)/b10-8-/t25-,28+,29+,39-,40-/m1/s1. The van der Waals surface area contributed by atoms with E-state index in [-0.39, 0.29) is 13.0 Å². The number of carbonyl (C=O) groups is 4. The molecule has 3 fully saturated rings. The molecule has 8 rings (SSSR count). The van der Waals surface area contributed by atoms with Crippen molar-refractivity contribution in [3.05, 3.63) is 35.5 Å². The first-order chi connectivity index (χ1) is 26.6. The zero-order valence-corrected chi connectivity index (χ0v) is 33.0. The van der Waals surface area contributed by atoms with Crippen molar-refractivity contribution >= 4 is 44.9 Å². The fourth-order valence-corrected chi connectivity index (χ4v) is 9.42. The Bertz CT molecular complexity index is 2220. The number of methoxy groups -OCH3 is 1. The number of ether oxygens (including phenoxy) is 3. The highest BCUT2D eigenvalue weighted by molar-refractivity contribution is 7.91. The first-order valence-corrected chi connectivity index (χ1v) is 21.0. The summed E-state index contributed by atoms with van der Waals surface area (Å²) < 4.78 is 45.6. The number of sulfonamides is 1. The molecule has 0 radical (unpaired) electrons. The van der Waals surface area contributed by atoms with Gasteiger partial charge in [0.1, 0.15) is 29.0 Å². The van der Waals surface area contributed by atoms with E-state index in [1.54, 1.807) is 19.1 Å². The quantitative estimate of drug-likeness (QED) is 0.287. The van der Waals surface area contributed by atoms with E-state index in [0.717, 1.165) is 31.2 Å². The molecule has 0 aromatic carbocycles. The molecule has 0 unspecified atom stereocenters. The molecule has 2 aromatic heterocycles. The molecule has 16 heteroatoms. The largest absolute Gasteiger partial charge is 0.483 e. The monoisotopic (exact) mass is 788 g/mol. The van der Waals surface area contributed by atoms with E-state index in [1.807, 2.05) is 26.0 Å². The van der Waals surface area contributed by atoms with E-state index in [2.05, 4.69) is 32.2 Å². The van der Waals surface area contributed by atoms with Gasteiger partial charge in [-0.1, -0.05) is 36.8 Å². The highest BCUT2D eigenvalue weighted by Gasteiger charge is 2.58. The maximum atomic E-state index is 14.8. The Hall–Kier alpha value is -4.91. The smallest absolute Gasteiger partial charge is 0.408 e. The van der Waals surface area contributed by atoms with Crippen LogP contribution in [0.1, 0.15) is 95.7 Å². The summed E-state index contributed by atoms with van der Waals surface area (Å²) in [6, 6.07) is 1.40. The third kappa shape index (κ3) is 6.81. The number of alkyl carbamates (subject to hydrolysis) is 1. The van der Waals surface area contributed by atoms with Gasteiger partial charge in [-0.2, -0.15) is 0 Å². The van der Waals surface area contributed by atoms with E-state index >= 15 is 0 Å². The number of nitrogens with one attached hydrogen (secondary N) is 3. The van der Waals surface area contributed by atoms with Gasteiger partial charge in [0, 0.05) is 18.1 Å². The number of hydrogen-bond donors (Lipinski definition) is 3. The summed E-state index contributed by atoms with van der Waals surface area (Å²) in [5, 5.41) is 5.64. The van der Waals surface area contributed by atoms with Gasteiger partial charge in [-0.15, -0.1) is 0 Å². The minimum absolute atomic E-state index is 0.00173. The summed E-state index contributed by atoms with van der Waals surface area (Å²) in [6.07, 6.45) is 9.21. The van der Waals surface area contributed by atoms with E-state index in [4.69, 9.17) is 19.2 Å². The molecular weight excluding hydrogens is 741 g/mol. The van der Waals surface area contributed by atoms with Crippen LogP contribution in [-0.4, -0.2) is 94.3 Å². The van der Waals surface area contributed by atoms with E-state index in [1.165, 1.54) is 12.0 Å². The number of pyridine rings is 2. The molecule has 1 saturated heterocycles. The van der Waals surface area contributed by atoms with Crippen molar-refractivity contribution in [1.29, 1.82) is 0 Å². The second kappa shape index (κ2) is 13.6. The van der Waals surface area contributed by atoms with Gasteiger partial charge < -0.3 is 29.7 Å². The van der Waals surface area contributed by atoms with Gasteiger partial charge in [0.25, 0.3) is 5.91 Å². The van der Waals surface area contributed by atoms with Crippen molar-refractivity contribution < 1.29 is 41.8 Å². The van der Waals surface area contributed by atoms with Crippen molar-refractivity contribution in [3.63, 3.8) is 0 Å². The van der Waals surface area contributed by atoms with Crippen LogP contribution in [0.3, 0.4) is 0 Å².